The van der Waals surface area contributed by atoms with Crippen LogP contribution < -0.4 is 11.1 Å². The van der Waals surface area contributed by atoms with Gasteiger partial charge in [0.25, 0.3) is 11.6 Å². The second kappa shape index (κ2) is 9.06. The van der Waals surface area contributed by atoms with Crippen molar-refractivity contribution in [3.05, 3.63) is 33.7 Å². The number of thiophene rings is 1. The summed E-state index contributed by atoms with van der Waals surface area (Å²) in [5.74, 6) is -2.25. The number of hydrogen-bond acceptors (Lipinski definition) is 8. The molecular weight excluding hydrogens is 434 g/mol. The van der Waals surface area contributed by atoms with Crippen molar-refractivity contribution in [2.75, 3.05) is 19.0 Å². The van der Waals surface area contributed by atoms with E-state index in [0.717, 1.165) is 9.78 Å². The number of thioether (sulfide) groups is 1. The predicted octanol–water partition coefficient (Wildman–Crippen LogP) is 0.879. The SMILES string of the molecule is CCCOC1(NC(=O)Cc2cccs2)C(=O)N2C(C(=O)O)=C(COC(N)=O)CS[C@@H]21. The monoisotopic (exact) mass is 455 g/mol. The Morgan fingerprint density at radius 2 is 2.20 bits per heavy atom. The molecule has 0 bridgehead atoms. The number of aliphatic carboxylic acids is 1. The third kappa shape index (κ3) is 4.16. The van der Waals surface area contributed by atoms with Crippen molar-refractivity contribution in [2.45, 2.75) is 30.9 Å². The molecule has 1 aromatic rings. The first-order valence-corrected chi connectivity index (χ1v) is 11.0. The molecule has 1 saturated heterocycles. The topological polar surface area (TPSA) is 148 Å². The summed E-state index contributed by atoms with van der Waals surface area (Å²) in [7, 11) is 0. The summed E-state index contributed by atoms with van der Waals surface area (Å²) >= 11 is 2.64. The molecule has 0 spiro atoms. The van der Waals surface area contributed by atoms with Crippen LogP contribution in [-0.2, 0) is 30.3 Å². The van der Waals surface area contributed by atoms with Crippen LogP contribution in [0.4, 0.5) is 4.79 Å². The second-order valence-electron chi connectivity index (χ2n) is 6.59. The predicted molar refractivity (Wildman–Crippen MR) is 108 cm³/mol. The molecule has 0 saturated carbocycles. The first-order valence-electron chi connectivity index (χ1n) is 9.10. The molecule has 1 aromatic heterocycles. The van der Waals surface area contributed by atoms with E-state index in [2.05, 4.69) is 5.32 Å². The number of carboxylic acids is 1. The number of amides is 3. The van der Waals surface area contributed by atoms with Crippen LogP contribution in [0.2, 0.25) is 0 Å². The highest BCUT2D eigenvalue weighted by molar-refractivity contribution is 8.00. The van der Waals surface area contributed by atoms with E-state index in [4.69, 9.17) is 15.2 Å². The van der Waals surface area contributed by atoms with Gasteiger partial charge >= 0.3 is 12.1 Å². The molecule has 1 unspecified atom stereocenters. The maximum Gasteiger partial charge on any atom is 0.404 e. The van der Waals surface area contributed by atoms with Crippen LogP contribution >= 0.6 is 23.1 Å². The number of carbonyl (C=O) groups excluding carboxylic acids is 3. The molecule has 10 nitrogen and oxygen atoms in total. The fourth-order valence-electron chi connectivity index (χ4n) is 3.23. The molecule has 2 aliphatic heterocycles. The number of rotatable bonds is 9. The Hall–Kier alpha value is -2.57. The Morgan fingerprint density at radius 3 is 2.80 bits per heavy atom. The van der Waals surface area contributed by atoms with Gasteiger partial charge in [-0.1, -0.05) is 13.0 Å². The first kappa shape index (κ1) is 22.1. The number of carbonyl (C=O) groups is 4. The van der Waals surface area contributed by atoms with Gasteiger partial charge < -0.3 is 25.6 Å². The standard InChI is InChI=1S/C18H21N3O7S2/c1-2-5-28-18(20-12(22)7-11-4-3-6-29-11)15(25)21-13(14(23)24)10(8-27-17(19)26)9-30-16(18)21/h3-4,6,16H,2,5,7-9H2,1H3,(H2,19,26)(H,20,22)(H,23,24)/t16-,18?/m1/s1. The molecule has 30 heavy (non-hydrogen) atoms. The molecule has 162 valence electrons. The quantitative estimate of drug-likeness (QED) is 0.367. The van der Waals surface area contributed by atoms with E-state index in [1.165, 1.54) is 23.1 Å². The lowest BCUT2D eigenvalue weighted by atomic mass is 9.97. The molecule has 12 heteroatoms. The molecule has 2 atom stereocenters. The van der Waals surface area contributed by atoms with Crippen LogP contribution in [0.1, 0.15) is 18.2 Å². The minimum atomic E-state index is -1.65. The van der Waals surface area contributed by atoms with Crippen molar-refractivity contribution in [3.8, 4) is 0 Å². The van der Waals surface area contributed by atoms with E-state index < -0.39 is 35.0 Å². The highest BCUT2D eigenvalue weighted by atomic mass is 32.2. The van der Waals surface area contributed by atoms with Gasteiger partial charge in [-0.15, -0.1) is 23.1 Å². The Kier molecular flexibility index (Phi) is 6.68. The molecule has 0 radical (unpaired) electrons. The zero-order valence-corrected chi connectivity index (χ0v) is 17.7. The zero-order valence-electron chi connectivity index (χ0n) is 16.1. The van der Waals surface area contributed by atoms with Gasteiger partial charge in [0, 0.05) is 22.8 Å². The Balaban J connectivity index is 1.85. The van der Waals surface area contributed by atoms with Gasteiger partial charge in [0.15, 0.2) is 0 Å². The normalized spacial score (nSPS) is 22.9. The molecule has 2 aliphatic rings. The number of nitrogens with zero attached hydrogens (tertiary/aromatic N) is 1. The third-order valence-corrected chi connectivity index (χ3v) is 6.73. The first-order chi connectivity index (χ1) is 14.3. The highest BCUT2D eigenvalue weighted by Gasteiger charge is 2.67. The van der Waals surface area contributed by atoms with Crippen LogP contribution in [0.3, 0.4) is 0 Å². The lowest BCUT2D eigenvalue weighted by molar-refractivity contribution is -0.198. The van der Waals surface area contributed by atoms with Crippen molar-refractivity contribution in [3.63, 3.8) is 0 Å². The number of fused-ring (bicyclic) bond motifs is 1. The number of primary amides is 1. The molecule has 0 aliphatic carbocycles. The van der Waals surface area contributed by atoms with Gasteiger partial charge in [0.1, 0.15) is 17.7 Å². The van der Waals surface area contributed by atoms with Gasteiger partial charge in [-0.2, -0.15) is 0 Å². The van der Waals surface area contributed by atoms with Gasteiger partial charge in [-0.3, -0.25) is 14.5 Å². The summed E-state index contributed by atoms with van der Waals surface area (Å²) in [6, 6.07) is 3.63. The largest absolute Gasteiger partial charge is 0.477 e. The van der Waals surface area contributed by atoms with E-state index in [-0.39, 0.29) is 36.7 Å². The van der Waals surface area contributed by atoms with E-state index in [1.807, 2.05) is 24.4 Å². The Morgan fingerprint density at radius 1 is 1.43 bits per heavy atom. The van der Waals surface area contributed by atoms with Crippen molar-refractivity contribution in [1.82, 2.24) is 10.2 Å². The van der Waals surface area contributed by atoms with Crippen molar-refractivity contribution < 1.29 is 33.8 Å². The maximum atomic E-state index is 13.1. The van der Waals surface area contributed by atoms with E-state index >= 15 is 0 Å². The summed E-state index contributed by atoms with van der Waals surface area (Å²) in [5.41, 5.74) is 3.27. The smallest absolute Gasteiger partial charge is 0.404 e. The zero-order chi connectivity index (χ0) is 21.9. The Bertz CT molecular complexity index is 886. The molecule has 0 aromatic carbocycles. The number of nitrogens with one attached hydrogen (secondary N) is 1. The maximum absolute atomic E-state index is 13.1. The summed E-state index contributed by atoms with van der Waals surface area (Å²) in [4.78, 5) is 50.3. The van der Waals surface area contributed by atoms with E-state index in [1.54, 1.807) is 0 Å². The lowest BCUT2D eigenvalue weighted by Crippen LogP contribution is -2.81. The van der Waals surface area contributed by atoms with Crippen LogP contribution in [0.15, 0.2) is 28.8 Å². The van der Waals surface area contributed by atoms with Gasteiger partial charge in [-0.25, -0.2) is 9.59 Å². The molecule has 1 fully saturated rings. The number of β-lactam (4-membered cyclic amide) rings is 1. The minimum Gasteiger partial charge on any atom is -0.477 e. The number of nitrogens with two attached hydrogens (primary N) is 1. The third-order valence-electron chi connectivity index (χ3n) is 4.48. The number of hydrogen-bond donors (Lipinski definition) is 3. The van der Waals surface area contributed by atoms with Gasteiger partial charge in [0.05, 0.1) is 6.42 Å². The lowest BCUT2D eigenvalue weighted by Gasteiger charge is -2.56. The molecule has 3 heterocycles. The van der Waals surface area contributed by atoms with Crippen LogP contribution in [0.25, 0.3) is 0 Å². The highest BCUT2D eigenvalue weighted by Crippen LogP contribution is 2.47. The van der Waals surface area contributed by atoms with Crippen LogP contribution in [0, 0.1) is 0 Å². The van der Waals surface area contributed by atoms with Crippen molar-refractivity contribution in [1.29, 1.82) is 0 Å². The molecule has 4 N–H and O–H groups in total. The molecule has 3 amide bonds. The number of ether oxygens (including phenoxy) is 2. The van der Waals surface area contributed by atoms with Crippen LogP contribution in [0.5, 0.6) is 0 Å². The molecular formula is C18H21N3O7S2. The second-order valence-corrected chi connectivity index (χ2v) is 8.69. The molecule has 3 rings (SSSR count). The van der Waals surface area contributed by atoms with Gasteiger partial charge in [0.2, 0.25) is 5.91 Å². The van der Waals surface area contributed by atoms with Crippen LogP contribution in [-0.4, -0.2) is 63.9 Å². The minimum absolute atomic E-state index is 0.0822. The average Bonchev–Trinajstić information content (AvgIpc) is 3.21. The average molecular weight is 456 g/mol. The Labute approximate surface area is 180 Å². The summed E-state index contributed by atoms with van der Waals surface area (Å²) < 4.78 is 10.5. The fourth-order valence-corrected chi connectivity index (χ4v) is 5.32. The van der Waals surface area contributed by atoms with E-state index in [9.17, 15) is 24.3 Å². The fraction of sp³-hybridized carbons (Fsp3) is 0.444. The van der Waals surface area contributed by atoms with Crippen molar-refractivity contribution in [2.24, 2.45) is 5.73 Å². The summed E-state index contributed by atoms with van der Waals surface area (Å²) in [5, 5.41) is 13.4. The van der Waals surface area contributed by atoms with E-state index in [0.29, 0.717) is 6.42 Å². The van der Waals surface area contributed by atoms with Gasteiger partial charge in [-0.05, 0) is 17.9 Å². The summed E-state index contributed by atoms with van der Waals surface area (Å²) in [6.45, 7) is 1.73. The summed E-state index contributed by atoms with van der Waals surface area (Å²) in [6.07, 6.45) is -0.360. The van der Waals surface area contributed by atoms with Crippen molar-refractivity contribution >= 4 is 47.0 Å². The number of carboxylic acid groups (broad SMARTS) is 1.